The fourth-order valence-electron chi connectivity index (χ4n) is 3.17. The third-order valence-electron chi connectivity index (χ3n) is 4.74. The third kappa shape index (κ3) is 4.33. The summed E-state index contributed by atoms with van der Waals surface area (Å²) in [6.45, 7) is 2.28. The van der Waals surface area contributed by atoms with Gasteiger partial charge in [-0.1, -0.05) is 29.3 Å². The number of thiocarbonyl (C=S) groups is 1. The van der Waals surface area contributed by atoms with E-state index in [1.807, 2.05) is 17.0 Å². The van der Waals surface area contributed by atoms with Gasteiger partial charge >= 0.3 is 0 Å². The minimum Gasteiger partial charge on any atom is -0.345 e. The highest BCUT2D eigenvalue weighted by molar-refractivity contribution is 7.80. The molecule has 1 N–H and O–H groups in total. The average molecular weight is 468 g/mol. The van der Waals surface area contributed by atoms with Crippen LogP contribution in [0.2, 0.25) is 10.0 Å². The molecular weight excluding hydrogens is 452 g/mol. The molecule has 150 valence electrons. The number of hydrogen-bond donors (Lipinski definition) is 1. The SMILES string of the molecule is O=C(c1sc2cc(Cl)ccc2c1Cl)N1CCN(C(=S)Nc2ccc(F)cc2)CC1. The molecule has 0 bridgehead atoms. The Balaban J connectivity index is 1.40. The molecule has 1 amide bonds. The topological polar surface area (TPSA) is 35.6 Å². The fraction of sp³-hybridized carbons (Fsp3) is 0.200. The lowest BCUT2D eigenvalue weighted by atomic mass is 10.2. The molecule has 0 spiro atoms. The van der Waals surface area contributed by atoms with E-state index < -0.39 is 0 Å². The second kappa shape index (κ2) is 8.44. The number of amides is 1. The van der Waals surface area contributed by atoms with Gasteiger partial charge in [0, 0.05) is 47.0 Å². The fourth-order valence-corrected chi connectivity index (χ4v) is 5.22. The van der Waals surface area contributed by atoms with Crippen molar-refractivity contribution >= 4 is 73.5 Å². The van der Waals surface area contributed by atoms with Crippen molar-refractivity contribution in [3.63, 3.8) is 0 Å². The van der Waals surface area contributed by atoms with Crippen LogP contribution in [0.3, 0.4) is 0 Å². The smallest absolute Gasteiger partial charge is 0.265 e. The molecular formula is C20H16Cl2FN3OS2. The summed E-state index contributed by atoms with van der Waals surface area (Å²) in [5.41, 5.74) is 0.727. The van der Waals surface area contributed by atoms with Crippen molar-refractivity contribution < 1.29 is 9.18 Å². The zero-order valence-electron chi connectivity index (χ0n) is 15.1. The van der Waals surface area contributed by atoms with Crippen LogP contribution in [0.5, 0.6) is 0 Å². The molecule has 0 unspecified atom stereocenters. The highest BCUT2D eigenvalue weighted by Crippen LogP contribution is 2.37. The van der Waals surface area contributed by atoms with Crippen LogP contribution < -0.4 is 5.32 Å². The van der Waals surface area contributed by atoms with Gasteiger partial charge in [-0.15, -0.1) is 11.3 Å². The summed E-state index contributed by atoms with van der Waals surface area (Å²) in [7, 11) is 0. The van der Waals surface area contributed by atoms with Crippen molar-refractivity contribution in [2.75, 3.05) is 31.5 Å². The van der Waals surface area contributed by atoms with Crippen LogP contribution in [0.25, 0.3) is 10.1 Å². The zero-order chi connectivity index (χ0) is 20.5. The lowest BCUT2D eigenvalue weighted by Gasteiger charge is -2.36. The highest BCUT2D eigenvalue weighted by atomic mass is 35.5. The maximum Gasteiger partial charge on any atom is 0.265 e. The maximum atomic E-state index is 13.0. The lowest BCUT2D eigenvalue weighted by Crippen LogP contribution is -2.51. The quantitative estimate of drug-likeness (QED) is 0.504. The van der Waals surface area contributed by atoms with E-state index >= 15 is 0 Å². The summed E-state index contributed by atoms with van der Waals surface area (Å²) in [6.07, 6.45) is 0. The van der Waals surface area contributed by atoms with Gasteiger partial charge in [-0.2, -0.15) is 0 Å². The van der Waals surface area contributed by atoms with Gasteiger partial charge in [-0.3, -0.25) is 4.79 Å². The number of hydrogen-bond acceptors (Lipinski definition) is 3. The largest absolute Gasteiger partial charge is 0.345 e. The van der Waals surface area contributed by atoms with Gasteiger partial charge in [0.25, 0.3) is 5.91 Å². The van der Waals surface area contributed by atoms with Crippen LogP contribution in [0.15, 0.2) is 42.5 Å². The zero-order valence-corrected chi connectivity index (χ0v) is 18.3. The maximum absolute atomic E-state index is 13.0. The van der Waals surface area contributed by atoms with Gasteiger partial charge in [0.15, 0.2) is 5.11 Å². The molecule has 0 saturated carbocycles. The summed E-state index contributed by atoms with van der Waals surface area (Å²) >= 11 is 19.3. The number of benzene rings is 2. The normalized spacial score (nSPS) is 14.3. The number of carbonyl (C=O) groups excluding carboxylic acids is 1. The first kappa shape index (κ1) is 20.3. The molecule has 1 fully saturated rings. The van der Waals surface area contributed by atoms with Crippen molar-refractivity contribution in [3.05, 3.63) is 63.2 Å². The number of nitrogens with zero attached hydrogens (tertiary/aromatic N) is 2. The predicted octanol–water partition coefficient (Wildman–Crippen LogP) is 5.50. The predicted molar refractivity (Wildman–Crippen MR) is 122 cm³/mol. The molecule has 2 aromatic carbocycles. The van der Waals surface area contributed by atoms with E-state index in [0.717, 1.165) is 15.8 Å². The van der Waals surface area contributed by atoms with Crippen LogP contribution in [0.4, 0.5) is 10.1 Å². The van der Waals surface area contributed by atoms with Gasteiger partial charge in [0.05, 0.1) is 5.02 Å². The van der Waals surface area contributed by atoms with E-state index in [4.69, 9.17) is 35.4 Å². The molecule has 4 nitrogen and oxygen atoms in total. The van der Waals surface area contributed by atoms with Crippen LogP contribution in [-0.2, 0) is 0 Å². The lowest BCUT2D eigenvalue weighted by molar-refractivity contribution is 0.0698. The summed E-state index contributed by atoms with van der Waals surface area (Å²) in [5, 5.41) is 5.59. The number of fused-ring (bicyclic) bond motifs is 1. The Hall–Kier alpha value is -1.93. The Labute approximate surface area is 186 Å². The number of nitrogens with one attached hydrogen (secondary N) is 1. The number of piperazine rings is 1. The number of carbonyl (C=O) groups is 1. The Bertz CT molecular complexity index is 1080. The molecule has 9 heteroatoms. The minimum atomic E-state index is -0.296. The Morgan fingerprint density at radius 2 is 1.69 bits per heavy atom. The molecule has 29 heavy (non-hydrogen) atoms. The molecule has 0 aliphatic carbocycles. The molecule has 4 rings (SSSR count). The third-order valence-corrected chi connectivity index (χ3v) is 6.98. The van der Waals surface area contributed by atoms with Gasteiger partial charge in [0.1, 0.15) is 10.7 Å². The van der Waals surface area contributed by atoms with Crippen molar-refractivity contribution in [2.24, 2.45) is 0 Å². The monoisotopic (exact) mass is 467 g/mol. The molecule has 1 aromatic heterocycles. The minimum absolute atomic E-state index is 0.0793. The second-order valence-corrected chi connectivity index (χ2v) is 8.86. The molecule has 1 aliphatic heterocycles. The Morgan fingerprint density at radius 3 is 2.38 bits per heavy atom. The summed E-state index contributed by atoms with van der Waals surface area (Å²) < 4.78 is 13.9. The molecule has 3 aromatic rings. The summed E-state index contributed by atoms with van der Waals surface area (Å²) in [5.74, 6) is -0.375. The number of anilines is 1. The van der Waals surface area contributed by atoms with Gasteiger partial charge in [-0.25, -0.2) is 4.39 Å². The van der Waals surface area contributed by atoms with Crippen molar-refractivity contribution in [2.45, 2.75) is 0 Å². The Kier molecular flexibility index (Phi) is 5.92. The molecule has 0 atom stereocenters. The van der Waals surface area contributed by atoms with E-state index in [1.165, 1.54) is 23.5 Å². The van der Waals surface area contributed by atoms with Crippen molar-refractivity contribution in [1.29, 1.82) is 0 Å². The number of rotatable bonds is 2. The van der Waals surface area contributed by atoms with E-state index in [1.54, 1.807) is 23.1 Å². The summed E-state index contributed by atoms with van der Waals surface area (Å²) in [6, 6.07) is 11.5. The first-order chi connectivity index (χ1) is 13.9. The van der Waals surface area contributed by atoms with E-state index in [0.29, 0.717) is 46.2 Å². The molecule has 1 aliphatic rings. The second-order valence-electron chi connectivity index (χ2n) is 6.60. The van der Waals surface area contributed by atoms with Gasteiger partial charge in [-0.05, 0) is 48.6 Å². The number of halogens is 3. The van der Waals surface area contributed by atoms with Gasteiger partial charge in [0.2, 0.25) is 0 Å². The highest BCUT2D eigenvalue weighted by Gasteiger charge is 2.27. The van der Waals surface area contributed by atoms with Crippen LogP contribution in [-0.4, -0.2) is 47.0 Å². The van der Waals surface area contributed by atoms with Crippen LogP contribution in [0, 0.1) is 5.82 Å². The van der Waals surface area contributed by atoms with Gasteiger partial charge < -0.3 is 15.1 Å². The molecule has 1 saturated heterocycles. The van der Waals surface area contributed by atoms with E-state index in [9.17, 15) is 9.18 Å². The first-order valence-electron chi connectivity index (χ1n) is 8.90. The van der Waals surface area contributed by atoms with Crippen molar-refractivity contribution in [1.82, 2.24) is 9.80 Å². The average Bonchev–Trinajstić information content (AvgIpc) is 3.05. The first-order valence-corrected chi connectivity index (χ1v) is 10.9. The van der Waals surface area contributed by atoms with Crippen LogP contribution >= 0.6 is 46.8 Å². The molecule has 0 radical (unpaired) electrons. The standard InChI is InChI=1S/C20H16Cl2FN3OS2/c21-12-1-6-15-16(11-12)29-18(17(15)22)19(27)25-7-9-26(10-8-25)20(28)24-14-4-2-13(23)3-5-14/h1-6,11H,7-10H2,(H,24,28). The Morgan fingerprint density at radius 1 is 1.03 bits per heavy atom. The molecule has 2 heterocycles. The van der Waals surface area contributed by atoms with E-state index in [-0.39, 0.29) is 11.7 Å². The van der Waals surface area contributed by atoms with Crippen LogP contribution in [0.1, 0.15) is 9.67 Å². The summed E-state index contributed by atoms with van der Waals surface area (Å²) in [4.78, 5) is 17.3. The van der Waals surface area contributed by atoms with E-state index in [2.05, 4.69) is 5.32 Å². The number of thiophene rings is 1. The van der Waals surface area contributed by atoms with Crippen molar-refractivity contribution in [3.8, 4) is 0 Å².